The molecule has 0 radical (unpaired) electrons. The number of hydrogen-bond donors (Lipinski definition) is 1. The molecule has 0 atom stereocenters. The Morgan fingerprint density at radius 1 is 0.750 bits per heavy atom. The fourth-order valence-electron chi connectivity index (χ4n) is 1.94. The third kappa shape index (κ3) is 20.4. The van der Waals surface area contributed by atoms with Gasteiger partial charge in [-0.3, -0.25) is 9.59 Å². The molecule has 0 fully saturated rings. The Morgan fingerprint density at radius 2 is 1.17 bits per heavy atom. The molecule has 2 aromatic carbocycles. The van der Waals surface area contributed by atoms with Crippen LogP contribution in [-0.2, 0) is 4.79 Å². The molecule has 0 unspecified atom stereocenters. The maximum absolute atomic E-state index is 11.6. The molecule has 0 aliphatic carbocycles. The molecule has 2 rings (SSSR count). The molecule has 36 heavy (non-hydrogen) atoms. The van der Waals surface area contributed by atoms with Gasteiger partial charge in [0.25, 0.3) is 0 Å². The van der Waals surface area contributed by atoms with Crippen molar-refractivity contribution in [2.24, 2.45) is 22.0 Å². The van der Waals surface area contributed by atoms with Gasteiger partial charge in [-0.1, -0.05) is 112 Å². The van der Waals surface area contributed by atoms with Crippen LogP contribution in [-0.4, -0.2) is 28.6 Å². The van der Waals surface area contributed by atoms with E-state index in [-0.39, 0.29) is 30.1 Å². The van der Waals surface area contributed by atoms with E-state index in [1.165, 1.54) is 0 Å². The number of hydrogen-bond acceptors (Lipinski definition) is 4. The van der Waals surface area contributed by atoms with Gasteiger partial charge in [-0.05, 0) is 0 Å². The zero-order chi connectivity index (χ0) is 28.0. The quantitative estimate of drug-likeness (QED) is 0.140. The van der Waals surface area contributed by atoms with E-state index >= 15 is 0 Å². The van der Waals surface area contributed by atoms with Crippen molar-refractivity contribution in [1.29, 1.82) is 0 Å². The standard InChI is InChI=1S/C12H15NO2.C11H12Cl2N2.Cl5P/c1-9(2)12(15)13-8-11(14)10-6-4-3-5-7-10;1-8(2)10(12)14-15-11(13)9-6-4-3-5-7-9;1-6(2,3,4)5/h3-7,9H,8H2,1-2H3,(H,13,15);3-8H,1-2H3;/b;14-10-,15-11+;. The van der Waals surface area contributed by atoms with E-state index < -0.39 is 3.37 Å². The number of nitrogens with zero attached hydrogens (tertiary/aromatic N) is 2. The minimum atomic E-state index is -3.69. The normalized spacial score (nSPS) is 13.0. The van der Waals surface area contributed by atoms with Crippen molar-refractivity contribution in [1.82, 2.24) is 5.32 Å². The van der Waals surface area contributed by atoms with Crippen LogP contribution in [0.4, 0.5) is 0 Å². The van der Waals surface area contributed by atoms with Crippen molar-refractivity contribution in [3.63, 3.8) is 0 Å². The Labute approximate surface area is 246 Å². The number of benzene rings is 2. The Morgan fingerprint density at radius 3 is 1.56 bits per heavy atom. The van der Waals surface area contributed by atoms with E-state index in [2.05, 4.69) is 15.5 Å². The Hall–Kier alpha value is -0.620. The molecule has 200 valence electrons. The summed E-state index contributed by atoms with van der Waals surface area (Å²) in [5, 5.41) is 11.1. The molecule has 0 spiro atoms. The van der Waals surface area contributed by atoms with Crippen LogP contribution in [0.25, 0.3) is 0 Å². The van der Waals surface area contributed by atoms with Crippen LogP contribution in [0.3, 0.4) is 0 Å². The van der Waals surface area contributed by atoms with Crippen molar-refractivity contribution >= 4 is 105 Å². The van der Waals surface area contributed by atoms with E-state index in [1.54, 1.807) is 38.1 Å². The summed E-state index contributed by atoms with van der Waals surface area (Å²) in [6.07, 6.45) is 0. The van der Waals surface area contributed by atoms with Gasteiger partial charge in [-0.2, -0.15) is 0 Å². The topological polar surface area (TPSA) is 70.9 Å². The molecule has 5 nitrogen and oxygen atoms in total. The van der Waals surface area contributed by atoms with Gasteiger partial charge < -0.3 is 5.32 Å². The van der Waals surface area contributed by atoms with Gasteiger partial charge in [0, 0.05) is 23.0 Å². The molecule has 0 aliphatic heterocycles. The number of ketones is 1. The molecule has 2 aromatic rings. The van der Waals surface area contributed by atoms with Gasteiger partial charge in [0.1, 0.15) is 5.17 Å². The molecular formula is C23H27Cl7N3O2P. The summed E-state index contributed by atoms with van der Waals surface area (Å²) < 4.78 is -3.69. The molecule has 0 saturated carbocycles. The van der Waals surface area contributed by atoms with Crippen LogP contribution < -0.4 is 5.32 Å². The number of carbonyl (C=O) groups is 2. The molecule has 0 aliphatic rings. The Bertz CT molecular complexity index is 1010. The number of carbonyl (C=O) groups excluding carboxylic acids is 2. The van der Waals surface area contributed by atoms with Crippen LogP contribution >= 0.6 is 82.8 Å². The molecule has 13 heteroatoms. The SMILES string of the molecule is CC(C)/C(Cl)=N/N=C(/Cl)c1ccccc1.CC(C)C(=O)NCC(=O)c1ccccc1.ClP(Cl)(Cl)(Cl)Cl. The average molecular weight is 657 g/mol. The van der Waals surface area contributed by atoms with Gasteiger partial charge in [0.2, 0.25) is 5.91 Å². The second kappa shape index (κ2) is 17.1. The zero-order valence-electron chi connectivity index (χ0n) is 19.9. The Kier molecular flexibility index (Phi) is 16.8. The first-order valence-electron chi connectivity index (χ1n) is 10.4. The summed E-state index contributed by atoms with van der Waals surface area (Å²) in [6.45, 7) is 7.54. The van der Waals surface area contributed by atoms with E-state index in [9.17, 15) is 9.59 Å². The summed E-state index contributed by atoms with van der Waals surface area (Å²) in [5.74, 6) is -0.0897. The first kappa shape index (κ1) is 35.4. The van der Waals surface area contributed by atoms with Gasteiger partial charge in [-0.15, -0.1) is 10.2 Å². The molecule has 0 aromatic heterocycles. The second-order valence-electron chi connectivity index (χ2n) is 7.63. The fraction of sp³-hybridized carbons (Fsp3) is 0.304. The summed E-state index contributed by atoms with van der Waals surface area (Å²) in [4.78, 5) is 22.8. The monoisotopic (exact) mass is 653 g/mol. The summed E-state index contributed by atoms with van der Waals surface area (Å²) in [6, 6.07) is 18.4. The van der Waals surface area contributed by atoms with Crippen molar-refractivity contribution in [3.05, 3.63) is 71.8 Å². The van der Waals surface area contributed by atoms with E-state index in [4.69, 9.17) is 79.4 Å². The van der Waals surface area contributed by atoms with Crippen LogP contribution in [0, 0.1) is 11.8 Å². The molecular weight excluding hydrogens is 629 g/mol. The van der Waals surface area contributed by atoms with E-state index in [0.29, 0.717) is 15.9 Å². The Balaban J connectivity index is 0.000000558. The van der Waals surface area contributed by atoms with Crippen molar-refractivity contribution in [2.45, 2.75) is 27.7 Å². The zero-order valence-corrected chi connectivity index (χ0v) is 26.1. The van der Waals surface area contributed by atoms with Crippen molar-refractivity contribution < 1.29 is 9.59 Å². The van der Waals surface area contributed by atoms with Crippen molar-refractivity contribution in [3.8, 4) is 0 Å². The second-order valence-corrected chi connectivity index (χ2v) is 25.0. The summed E-state index contributed by atoms with van der Waals surface area (Å²) in [5.41, 5.74) is 1.46. The molecule has 1 N–H and O–H groups in total. The number of amides is 1. The molecule has 0 bridgehead atoms. The van der Waals surface area contributed by atoms with Crippen LogP contribution in [0.1, 0.15) is 43.6 Å². The number of Topliss-reactive ketones (excluding diaryl/α,β-unsaturated/α-hetero) is 1. The third-order valence-corrected chi connectivity index (χ3v) is 4.57. The number of halogens is 7. The first-order chi connectivity index (χ1) is 16.5. The summed E-state index contributed by atoms with van der Waals surface area (Å²) >= 11 is 36.7. The van der Waals surface area contributed by atoms with Crippen LogP contribution in [0.5, 0.6) is 0 Å². The molecule has 1 amide bonds. The average Bonchev–Trinajstić information content (AvgIpc) is 2.80. The van der Waals surface area contributed by atoms with Gasteiger partial charge in [0.05, 0.1) is 6.54 Å². The molecule has 0 saturated heterocycles. The summed E-state index contributed by atoms with van der Waals surface area (Å²) in [7, 11) is 0. The predicted octanol–water partition coefficient (Wildman–Crippen LogP) is 9.83. The minimum absolute atomic E-state index is 0.0652. The fourth-order valence-corrected chi connectivity index (χ4v) is 2.14. The predicted molar refractivity (Wildman–Crippen MR) is 162 cm³/mol. The third-order valence-electron chi connectivity index (χ3n) is 3.77. The first-order valence-corrected chi connectivity index (χ1v) is 18.0. The van der Waals surface area contributed by atoms with Gasteiger partial charge in [-0.25, -0.2) is 0 Å². The van der Waals surface area contributed by atoms with Crippen molar-refractivity contribution in [2.75, 3.05) is 6.54 Å². The number of nitrogens with one attached hydrogen (secondary N) is 1. The van der Waals surface area contributed by atoms with Crippen LogP contribution in [0.15, 0.2) is 70.9 Å². The maximum atomic E-state index is 11.6. The van der Waals surface area contributed by atoms with Crippen LogP contribution in [0.2, 0.25) is 0 Å². The van der Waals surface area contributed by atoms with Gasteiger partial charge in [0.15, 0.2) is 11.0 Å². The molecule has 0 heterocycles. The van der Waals surface area contributed by atoms with E-state index in [1.807, 2.05) is 50.2 Å². The van der Waals surface area contributed by atoms with E-state index in [0.717, 1.165) is 5.56 Å². The van der Waals surface area contributed by atoms with Gasteiger partial charge >= 0.3 is 59.6 Å². The number of rotatable bonds is 7.